The van der Waals surface area contributed by atoms with Crippen molar-refractivity contribution in [2.45, 2.75) is 45.3 Å². The molecule has 152 valence electrons. The summed E-state index contributed by atoms with van der Waals surface area (Å²) >= 11 is 0. The molecule has 0 amide bonds. The summed E-state index contributed by atoms with van der Waals surface area (Å²) in [6, 6.07) is 12.0. The largest absolute Gasteiger partial charge is 0.390 e. The van der Waals surface area contributed by atoms with E-state index >= 15 is 0 Å². The Morgan fingerprint density at radius 1 is 1.34 bits per heavy atom. The number of Topliss-reactive ketones (excluding diaryl/α,β-unsaturated/α-hetero) is 1. The number of pyridine rings is 1. The van der Waals surface area contributed by atoms with Crippen LogP contribution in [0.15, 0.2) is 42.6 Å². The lowest BCUT2D eigenvalue weighted by molar-refractivity contribution is -0.118. The van der Waals surface area contributed by atoms with Gasteiger partial charge in [-0.05, 0) is 24.0 Å². The molecule has 1 aliphatic heterocycles. The Morgan fingerprint density at radius 3 is 2.90 bits per heavy atom. The first-order valence-electron chi connectivity index (χ1n) is 10.2. The van der Waals surface area contributed by atoms with Gasteiger partial charge in [-0.25, -0.2) is 0 Å². The van der Waals surface area contributed by atoms with Gasteiger partial charge in [-0.1, -0.05) is 37.3 Å². The number of fused-ring (bicyclic) bond motifs is 1. The summed E-state index contributed by atoms with van der Waals surface area (Å²) in [5.41, 5.74) is 3.29. The van der Waals surface area contributed by atoms with E-state index in [1.807, 2.05) is 28.9 Å². The zero-order valence-corrected chi connectivity index (χ0v) is 16.8. The third-order valence-corrected chi connectivity index (χ3v) is 5.63. The Balaban J connectivity index is 1.50. The lowest BCUT2D eigenvalue weighted by Crippen LogP contribution is -2.13. The third kappa shape index (κ3) is 4.54. The van der Waals surface area contributed by atoms with Crippen LogP contribution in [0.25, 0.3) is 10.9 Å². The number of ether oxygens (including phenoxy) is 1. The molecule has 0 aliphatic carbocycles. The predicted octanol–water partition coefficient (Wildman–Crippen LogP) is 3.27. The van der Waals surface area contributed by atoms with Crippen molar-refractivity contribution >= 4 is 16.7 Å². The predicted molar refractivity (Wildman–Crippen MR) is 111 cm³/mol. The molecule has 1 aromatic carbocycles. The van der Waals surface area contributed by atoms with Gasteiger partial charge in [0.2, 0.25) is 0 Å². The van der Waals surface area contributed by atoms with Gasteiger partial charge in [-0.2, -0.15) is 5.10 Å². The van der Waals surface area contributed by atoms with E-state index < -0.39 is 0 Å². The number of benzene rings is 1. The Morgan fingerprint density at radius 2 is 2.17 bits per heavy atom. The number of nitrogens with zero attached hydrogens (tertiary/aromatic N) is 3. The Labute approximate surface area is 170 Å². The molecular weight excluding hydrogens is 366 g/mol. The Bertz CT molecular complexity index is 978. The Kier molecular flexibility index (Phi) is 6.02. The average molecular weight is 393 g/mol. The van der Waals surface area contributed by atoms with Crippen molar-refractivity contribution in [3.63, 3.8) is 0 Å². The average Bonchev–Trinajstić information content (AvgIpc) is 3.38. The molecule has 0 bridgehead atoms. The fourth-order valence-electron chi connectivity index (χ4n) is 4.09. The maximum absolute atomic E-state index is 12.6. The number of aromatic nitrogens is 3. The fraction of sp³-hybridized carbons (Fsp3) is 0.435. The summed E-state index contributed by atoms with van der Waals surface area (Å²) in [7, 11) is 0. The van der Waals surface area contributed by atoms with Crippen LogP contribution >= 0.6 is 0 Å². The number of aliphatic hydroxyl groups excluding tert-OH is 1. The molecule has 0 saturated carbocycles. The fourth-order valence-corrected chi connectivity index (χ4v) is 4.09. The van der Waals surface area contributed by atoms with Crippen molar-refractivity contribution in [1.29, 1.82) is 0 Å². The van der Waals surface area contributed by atoms with Crippen LogP contribution in [0.4, 0.5) is 0 Å². The molecule has 2 atom stereocenters. The number of aliphatic hydroxyl groups is 1. The quantitative estimate of drug-likeness (QED) is 0.636. The van der Waals surface area contributed by atoms with Crippen LogP contribution in [0.3, 0.4) is 0 Å². The molecule has 29 heavy (non-hydrogen) atoms. The third-order valence-electron chi connectivity index (χ3n) is 5.63. The van der Waals surface area contributed by atoms with Crippen molar-refractivity contribution in [2.24, 2.45) is 5.92 Å². The standard InChI is InChI=1S/C23H27N3O3/c1-16(18-5-3-2-4-6-18)9-21(28)11-20-10-19-12-24-26(13-17-7-8-29-15-17)23(19)22(14-27)25-20/h2-6,10,12,16-17,27H,7-9,11,13-15H2,1H3/t16-,17?/m0/s1. The smallest absolute Gasteiger partial charge is 0.139 e. The highest BCUT2D eigenvalue weighted by Crippen LogP contribution is 2.24. The van der Waals surface area contributed by atoms with Gasteiger partial charge in [0.25, 0.3) is 0 Å². The molecule has 4 rings (SSSR count). The molecule has 1 fully saturated rings. The van der Waals surface area contributed by atoms with E-state index in [1.54, 1.807) is 6.20 Å². The summed E-state index contributed by atoms with van der Waals surface area (Å²) in [4.78, 5) is 17.2. The molecule has 0 spiro atoms. The van der Waals surface area contributed by atoms with Crippen LogP contribution < -0.4 is 0 Å². The number of carbonyl (C=O) groups excluding carboxylic acids is 1. The van der Waals surface area contributed by atoms with Gasteiger partial charge in [-0.15, -0.1) is 0 Å². The Hall–Kier alpha value is -2.57. The first-order valence-corrected chi connectivity index (χ1v) is 10.2. The lowest BCUT2D eigenvalue weighted by Gasteiger charge is -2.12. The second kappa shape index (κ2) is 8.84. The monoisotopic (exact) mass is 393 g/mol. The van der Waals surface area contributed by atoms with E-state index in [2.05, 4.69) is 29.1 Å². The zero-order valence-electron chi connectivity index (χ0n) is 16.8. The van der Waals surface area contributed by atoms with Gasteiger partial charge in [0.05, 0.1) is 30.6 Å². The summed E-state index contributed by atoms with van der Waals surface area (Å²) in [5, 5.41) is 15.3. The minimum atomic E-state index is -0.175. The van der Waals surface area contributed by atoms with E-state index in [1.165, 1.54) is 0 Å². The van der Waals surface area contributed by atoms with Gasteiger partial charge in [0.1, 0.15) is 5.78 Å². The molecular formula is C23H27N3O3. The van der Waals surface area contributed by atoms with Crippen molar-refractivity contribution < 1.29 is 14.6 Å². The zero-order chi connectivity index (χ0) is 20.2. The lowest BCUT2D eigenvalue weighted by atomic mass is 9.94. The van der Waals surface area contributed by atoms with Gasteiger partial charge in [0.15, 0.2) is 0 Å². The maximum atomic E-state index is 12.6. The normalized spacial score (nSPS) is 17.7. The number of ketones is 1. The SMILES string of the molecule is C[C@@H](CC(=O)Cc1cc2cnn(CC3CCOC3)c2c(CO)n1)c1ccccc1. The number of hydrogen-bond donors (Lipinski definition) is 1. The first kappa shape index (κ1) is 19.7. The molecule has 3 heterocycles. The van der Waals surface area contributed by atoms with Crippen LogP contribution in [0.2, 0.25) is 0 Å². The molecule has 6 heteroatoms. The van der Waals surface area contributed by atoms with Crippen LogP contribution in [0.1, 0.15) is 42.6 Å². The van der Waals surface area contributed by atoms with Crippen LogP contribution in [0.5, 0.6) is 0 Å². The molecule has 3 aromatic rings. The van der Waals surface area contributed by atoms with Crippen LogP contribution in [-0.4, -0.2) is 38.9 Å². The minimum Gasteiger partial charge on any atom is -0.390 e. The highest BCUT2D eigenvalue weighted by molar-refractivity contribution is 5.85. The summed E-state index contributed by atoms with van der Waals surface area (Å²) < 4.78 is 7.37. The van der Waals surface area contributed by atoms with E-state index in [0.29, 0.717) is 23.7 Å². The van der Waals surface area contributed by atoms with Crippen molar-refractivity contribution in [3.8, 4) is 0 Å². The van der Waals surface area contributed by atoms with E-state index in [4.69, 9.17) is 4.74 Å². The van der Waals surface area contributed by atoms with Gasteiger partial charge < -0.3 is 9.84 Å². The van der Waals surface area contributed by atoms with E-state index in [0.717, 1.165) is 42.6 Å². The van der Waals surface area contributed by atoms with Crippen molar-refractivity contribution in [3.05, 3.63) is 59.5 Å². The van der Waals surface area contributed by atoms with Gasteiger partial charge in [0, 0.05) is 43.0 Å². The minimum absolute atomic E-state index is 0.146. The highest BCUT2D eigenvalue weighted by atomic mass is 16.5. The summed E-state index contributed by atoms with van der Waals surface area (Å²) in [5.74, 6) is 0.749. The van der Waals surface area contributed by atoms with Crippen molar-refractivity contribution in [1.82, 2.24) is 14.8 Å². The summed E-state index contributed by atoms with van der Waals surface area (Å²) in [6.45, 7) is 4.19. The van der Waals surface area contributed by atoms with Gasteiger partial charge in [-0.3, -0.25) is 14.5 Å². The molecule has 0 radical (unpaired) electrons. The molecule has 6 nitrogen and oxygen atoms in total. The van der Waals surface area contributed by atoms with Crippen LogP contribution in [0, 0.1) is 5.92 Å². The van der Waals surface area contributed by atoms with Gasteiger partial charge >= 0.3 is 0 Å². The number of rotatable bonds is 8. The van der Waals surface area contributed by atoms with E-state index in [-0.39, 0.29) is 24.7 Å². The molecule has 1 saturated heterocycles. The molecule has 1 unspecified atom stereocenters. The number of hydrogen-bond acceptors (Lipinski definition) is 5. The molecule has 1 N–H and O–H groups in total. The molecule has 1 aliphatic rings. The summed E-state index contributed by atoms with van der Waals surface area (Å²) in [6.07, 6.45) is 3.56. The maximum Gasteiger partial charge on any atom is 0.139 e. The van der Waals surface area contributed by atoms with E-state index in [9.17, 15) is 9.90 Å². The number of carbonyl (C=O) groups is 1. The second-order valence-electron chi connectivity index (χ2n) is 7.94. The van der Waals surface area contributed by atoms with Crippen molar-refractivity contribution in [2.75, 3.05) is 13.2 Å². The highest BCUT2D eigenvalue weighted by Gasteiger charge is 2.20. The molecule has 2 aromatic heterocycles. The second-order valence-corrected chi connectivity index (χ2v) is 7.94. The van der Waals surface area contributed by atoms with Crippen LogP contribution in [-0.2, 0) is 29.1 Å². The first-order chi connectivity index (χ1) is 14.1. The topological polar surface area (TPSA) is 77.2 Å².